The molecule has 1 N–H and O–H groups in total. The van der Waals surface area contributed by atoms with E-state index >= 15 is 0 Å². The maximum absolute atomic E-state index is 13.1. The van der Waals surface area contributed by atoms with E-state index in [0.717, 1.165) is 31.2 Å². The molecule has 0 unspecified atom stereocenters. The third-order valence-corrected chi connectivity index (χ3v) is 7.56. The van der Waals surface area contributed by atoms with Crippen LogP contribution in [0.3, 0.4) is 0 Å². The molecule has 2 fully saturated rings. The summed E-state index contributed by atoms with van der Waals surface area (Å²) in [6.07, 6.45) is 4.92. The van der Waals surface area contributed by atoms with Gasteiger partial charge in [0.05, 0.1) is 12.1 Å². The number of nitrogens with zero attached hydrogens (tertiary/aromatic N) is 2. The van der Waals surface area contributed by atoms with Gasteiger partial charge in [-0.3, -0.25) is 0 Å². The lowest BCUT2D eigenvalue weighted by atomic mass is 9.96. The molecule has 3 rings (SSSR count). The van der Waals surface area contributed by atoms with E-state index in [1.54, 1.807) is 31.3 Å². The number of hydrogen-bond acceptors (Lipinski definition) is 3. The molecule has 5 nitrogen and oxygen atoms in total. The summed E-state index contributed by atoms with van der Waals surface area (Å²) in [6, 6.07) is 6.58. The van der Waals surface area contributed by atoms with Crippen LogP contribution in [0.15, 0.2) is 24.3 Å². The highest BCUT2D eigenvalue weighted by molar-refractivity contribution is 7.86. The molecule has 1 saturated heterocycles. The number of hydrogen-bond donors (Lipinski definition) is 1. The van der Waals surface area contributed by atoms with Crippen LogP contribution in [0.5, 0.6) is 0 Å². The Hall–Kier alpha value is -0.660. The highest BCUT2D eigenvalue weighted by atomic mass is 35.5. The predicted octanol–water partition coefficient (Wildman–Crippen LogP) is 2.96. The summed E-state index contributed by atoms with van der Waals surface area (Å²) in [5.74, 6) is 0. The van der Waals surface area contributed by atoms with Crippen molar-refractivity contribution in [3.8, 4) is 0 Å². The normalized spacial score (nSPS) is 27.0. The maximum Gasteiger partial charge on any atom is 0.282 e. The zero-order valence-electron chi connectivity index (χ0n) is 13.9. The van der Waals surface area contributed by atoms with Gasteiger partial charge in [-0.1, -0.05) is 43.0 Å². The Kier molecular flexibility index (Phi) is 5.52. The van der Waals surface area contributed by atoms with Gasteiger partial charge < -0.3 is 5.11 Å². The largest absolute Gasteiger partial charge is 0.391 e. The number of aliphatic hydroxyl groups is 1. The summed E-state index contributed by atoms with van der Waals surface area (Å²) in [5, 5.41) is 11.0. The van der Waals surface area contributed by atoms with Gasteiger partial charge in [0.15, 0.2) is 0 Å². The molecule has 7 heteroatoms. The molecule has 1 aromatic carbocycles. The maximum atomic E-state index is 13.1. The van der Waals surface area contributed by atoms with Crippen molar-refractivity contribution < 1.29 is 13.5 Å². The van der Waals surface area contributed by atoms with Crippen LogP contribution < -0.4 is 0 Å². The van der Waals surface area contributed by atoms with E-state index in [1.165, 1.54) is 15.0 Å². The molecule has 1 aliphatic carbocycles. The molecule has 0 aromatic heterocycles. The van der Waals surface area contributed by atoms with Crippen LogP contribution in [0.2, 0.25) is 5.02 Å². The predicted molar refractivity (Wildman–Crippen MR) is 95.1 cm³/mol. The molecule has 2 aliphatic rings. The lowest BCUT2D eigenvalue weighted by molar-refractivity contribution is 0.139. The van der Waals surface area contributed by atoms with E-state index < -0.39 is 22.4 Å². The van der Waals surface area contributed by atoms with Gasteiger partial charge in [0.1, 0.15) is 0 Å². The lowest BCUT2D eigenvalue weighted by Gasteiger charge is -2.35. The second-order valence-corrected chi connectivity index (χ2v) is 9.16. The van der Waals surface area contributed by atoms with Crippen LogP contribution >= 0.6 is 11.6 Å². The van der Waals surface area contributed by atoms with Gasteiger partial charge in [0.25, 0.3) is 10.2 Å². The Morgan fingerprint density at radius 1 is 1.12 bits per heavy atom. The van der Waals surface area contributed by atoms with Gasteiger partial charge in [-0.05, 0) is 37.0 Å². The van der Waals surface area contributed by atoms with Gasteiger partial charge in [-0.15, -0.1) is 0 Å². The zero-order chi connectivity index (χ0) is 17.3. The monoisotopic (exact) mass is 372 g/mol. The lowest BCUT2D eigenvalue weighted by Crippen LogP contribution is -2.47. The molecule has 24 heavy (non-hydrogen) atoms. The van der Waals surface area contributed by atoms with Crippen LogP contribution in [-0.4, -0.2) is 47.9 Å². The van der Waals surface area contributed by atoms with Crippen molar-refractivity contribution in [3.05, 3.63) is 34.9 Å². The second-order valence-electron chi connectivity index (χ2n) is 6.78. The molecule has 0 spiro atoms. The van der Waals surface area contributed by atoms with Gasteiger partial charge in [-0.25, -0.2) is 0 Å². The molecule has 1 aliphatic heterocycles. The van der Waals surface area contributed by atoms with E-state index in [1.807, 2.05) is 0 Å². The van der Waals surface area contributed by atoms with Gasteiger partial charge in [-0.2, -0.15) is 17.0 Å². The fourth-order valence-electron chi connectivity index (χ4n) is 3.85. The fourth-order valence-corrected chi connectivity index (χ4v) is 5.78. The summed E-state index contributed by atoms with van der Waals surface area (Å²) >= 11 is 5.93. The Labute approximate surface area is 149 Å². The summed E-state index contributed by atoms with van der Waals surface area (Å²) in [5.41, 5.74) is 0.782. The molecule has 134 valence electrons. The summed E-state index contributed by atoms with van der Waals surface area (Å²) in [7, 11) is -1.93. The molecule has 2 atom stereocenters. The third kappa shape index (κ3) is 3.48. The topological polar surface area (TPSA) is 60.9 Å². The third-order valence-electron chi connectivity index (χ3n) is 5.28. The van der Waals surface area contributed by atoms with Gasteiger partial charge >= 0.3 is 0 Å². The first-order valence-electron chi connectivity index (χ1n) is 8.59. The number of rotatable bonds is 4. The summed E-state index contributed by atoms with van der Waals surface area (Å²) < 4.78 is 29.3. The second kappa shape index (κ2) is 7.30. The van der Waals surface area contributed by atoms with Gasteiger partial charge in [0.2, 0.25) is 0 Å². The van der Waals surface area contributed by atoms with E-state index in [9.17, 15) is 13.5 Å². The Morgan fingerprint density at radius 3 is 2.38 bits per heavy atom. The average Bonchev–Trinajstić information content (AvgIpc) is 2.98. The first-order valence-corrected chi connectivity index (χ1v) is 10.4. The van der Waals surface area contributed by atoms with Crippen LogP contribution in [0.1, 0.15) is 50.1 Å². The Bertz CT molecular complexity index is 659. The summed E-state index contributed by atoms with van der Waals surface area (Å²) in [4.78, 5) is 0. The molecule has 1 heterocycles. The molecule has 1 saturated carbocycles. The zero-order valence-corrected chi connectivity index (χ0v) is 15.5. The van der Waals surface area contributed by atoms with E-state index in [2.05, 4.69) is 0 Å². The van der Waals surface area contributed by atoms with Crippen LogP contribution in [0, 0.1) is 0 Å². The van der Waals surface area contributed by atoms with Crippen molar-refractivity contribution in [3.63, 3.8) is 0 Å². The van der Waals surface area contributed by atoms with E-state index in [0.29, 0.717) is 18.0 Å². The smallest absolute Gasteiger partial charge is 0.282 e. The van der Waals surface area contributed by atoms with Crippen molar-refractivity contribution in [1.29, 1.82) is 0 Å². The van der Waals surface area contributed by atoms with Crippen LogP contribution in [-0.2, 0) is 10.2 Å². The Morgan fingerprint density at radius 2 is 1.75 bits per heavy atom. The number of benzene rings is 1. The van der Waals surface area contributed by atoms with Crippen molar-refractivity contribution in [2.45, 2.75) is 56.7 Å². The first-order chi connectivity index (χ1) is 11.4. The van der Waals surface area contributed by atoms with E-state index in [4.69, 9.17) is 11.6 Å². The van der Waals surface area contributed by atoms with Crippen LogP contribution in [0.25, 0.3) is 0 Å². The molecule has 0 radical (unpaired) electrons. The number of halogens is 1. The minimum absolute atomic E-state index is 0.0624. The quantitative estimate of drug-likeness (QED) is 0.883. The highest BCUT2D eigenvalue weighted by Crippen LogP contribution is 2.37. The van der Waals surface area contributed by atoms with Crippen molar-refractivity contribution >= 4 is 21.8 Å². The molecule has 1 aromatic rings. The molecular formula is C17H25ClN2O3S. The minimum Gasteiger partial charge on any atom is -0.391 e. The van der Waals surface area contributed by atoms with Crippen LogP contribution in [0.4, 0.5) is 0 Å². The fraction of sp³-hybridized carbons (Fsp3) is 0.647. The standard InChI is InChI=1S/C17H25ClN2O3S/c1-19(15-5-3-2-4-6-15)24(22,23)20-12-11-16(21)17(20)13-7-9-14(18)10-8-13/h7-10,15-17,21H,2-6,11-12H2,1H3/t16-,17-/m1/s1. The van der Waals surface area contributed by atoms with Crippen molar-refractivity contribution in [2.75, 3.05) is 13.6 Å². The minimum atomic E-state index is -3.61. The first kappa shape index (κ1) is 18.1. The summed E-state index contributed by atoms with van der Waals surface area (Å²) in [6.45, 7) is 0.341. The Balaban J connectivity index is 1.86. The average molecular weight is 373 g/mol. The SMILES string of the molecule is CN(C1CCCCC1)S(=O)(=O)N1CC[C@@H](O)[C@H]1c1ccc(Cl)cc1. The molecule has 0 amide bonds. The highest BCUT2D eigenvalue weighted by Gasteiger charge is 2.44. The molecular weight excluding hydrogens is 348 g/mol. The van der Waals surface area contributed by atoms with Crippen molar-refractivity contribution in [2.24, 2.45) is 0 Å². The molecule has 0 bridgehead atoms. The number of aliphatic hydroxyl groups excluding tert-OH is 1. The van der Waals surface area contributed by atoms with Crippen molar-refractivity contribution in [1.82, 2.24) is 8.61 Å². The van der Waals surface area contributed by atoms with Gasteiger partial charge in [0, 0.05) is 24.7 Å². The van der Waals surface area contributed by atoms with E-state index in [-0.39, 0.29) is 6.04 Å².